The molecule has 0 bridgehead atoms. The molecular formula is C14H15ClN2O3S. The number of rotatable bonds is 4. The van der Waals surface area contributed by atoms with E-state index in [9.17, 15) is 4.79 Å². The molecule has 1 heterocycles. The van der Waals surface area contributed by atoms with E-state index in [4.69, 9.17) is 21.1 Å². The van der Waals surface area contributed by atoms with Crippen LogP contribution in [0.5, 0.6) is 11.5 Å². The molecular weight excluding hydrogens is 312 g/mol. The summed E-state index contributed by atoms with van der Waals surface area (Å²) in [5, 5.41) is 3.62. The van der Waals surface area contributed by atoms with E-state index in [-0.39, 0.29) is 5.91 Å². The number of aromatic nitrogens is 1. The van der Waals surface area contributed by atoms with Crippen LogP contribution in [0.15, 0.2) is 12.1 Å². The number of hydrogen-bond donors (Lipinski definition) is 1. The summed E-state index contributed by atoms with van der Waals surface area (Å²) in [6, 6.07) is 3.11. The first-order chi connectivity index (χ1) is 9.96. The highest BCUT2D eigenvalue weighted by molar-refractivity contribution is 7.15. The topological polar surface area (TPSA) is 60.5 Å². The molecule has 2 aromatic rings. The second-order valence-corrected chi connectivity index (χ2v) is 5.92. The standard InChI is InChI=1S/C14H15ClN2O3S/c1-7-8(2)21-14(16-7)17-13(18)9-5-10(15)12(20-4)11(6-9)19-3/h5-6H,1-4H3,(H,16,17,18). The van der Waals surface area contributed by atoms with Gasteiger partial charge in [0.1, 0.15) is 0 Å². The quantitative estimate of drug-likeness (QED) is 0.931. The first-order valence-corrected chi connectivity index (χ1v) is 7.32. The Morgan fingerprint density at radius 2 is 2.00 bits per heavy atom. The van der Waals surface area contributed by atoms with Crippen molar-refractivity contribution in [3.63, 3.8) is 0 Å². The molecule has 0 aliphatic heterocycles. The maximum Gasteiger partial charge on any atom is 0.257 e. The van der Waals surface area contributed by atoms with Gasteiger partial charge < -0.3 is 9.47 Å². The molecule has 0 aliphatic rings. The first-order valence-electron chi connectivity index (χ1n) is 6.13. The third-order valence-electron chi connectivity index (χ3n) is 2.94. The molecule has 0 spiro atoms. The first kappa shape index (κ1) is 15.6. The highest BCUT2D eigenvalue weighted by Gasteiger charge is 2.16. The van der Waals surface area contributed by atoms with E-state index in [1.807, 2.05) is 13.8 Å². The number of carbonyl (C=O) groups is 1. The summed E-state index contributed by atoms with van der Waals surface area (Å²) >= 11 is 7.52. The number of thiazole rings is 1. The summed E-state index contributed by atoms with van der Waals surface area (Å²) in [4.78, 5) is 17.6. The average molecular weight is 327 g/mol. The van der Waals surface area contributed by atoms with Gasteiger partial charge in [0.25, 0.3) is 5.91 Å². The minimum Gasteiger partial charge on any atom is -0.493 e. The van der Waals surface area contributed by atoms with Crippen molar-refractivity contribution in [2.24, 2.45) is 0 Å². The Balaban J connectivity index is 2.29. The lowest BCUT2D eigenvalue weighted by Gasteiger charge is -2.11. The predicted octanol–water partition coefficient (Wildman–Crippen LogP) is 3.68. The molecule has 2 rings (SSSR count). The molecule has 1 aromatic carbocycles. The zero-order valence-corrected chi connectivity index (χ0v) is 13.7. The van der Waals surface area contributed by atoms with Gasteiger partial charge in [-0.1, -0.05) is 11.6 Å². The molecule has 0 fully saturated rings. The number of benzene rings is 1. The maximum atomic E-state index is 12.3. The maximum absolute atomic E-state index is 12.3. The van der Waals surface area contributed by atoms with Gasteiger partial charge in [-0.25, -0.2) is 4.98 Å². The number of halogens is 1. The van der Waals surface area contributed by atoms with Gasteiger partial charge in [-0.05, 0) is 26.0 Å². The van der Waals surface area contributed by atoms with E-state index < -0.39 is 0 Å². The van der Waals surface area contributed by atoms with Crippen molar-refractivity contribution in [2.45, 2.75) is 13.8 Å². The largest absolute Gasteiger partial charge is 0.493 e. The smallest absolute Gasteiger partial charge is 0.257 e. The molecule has 0 atom stereocenters. The van der Waals surface area contributed by atoms with Gasteiger partial charge in [-0.3, -0.25) is 10.1 Å². The van der Waals surface area contributed by atoms with E-state index in [0.29, 0.717) is 27.2 Å². The van der Waals surface area contributed by atoms with Crippen molar-refractivity contribution in [1.82, 2.24) is 4.98 Å². The van der Waals surface area contributed by atoms with Crippen LogP contribution in [0.4, 0.5) is 5.13 Å². The summed E-state index contributed by atoms with van der Waals surface area (Å²) in [5.74, 6) is 0.505. The van der Waals surface area contributed by atoms with Crippen molar-refractivity contribution in [1.29, 1.82) is 0 Å². The predicted molar refractivity (Wildman–Crippen MR) is 84.1 cm³/mol. The van der Waals surface area contributed by atoms with Crippen LogP contribution >= 0.6 is 22.9 Å². The Kier molecular flexibility index (Phi) is 4.69. The van der Waals surface area contributed by atoms with E-state index in [2.05, 4.69) is 10.3 Å². The van der Waals surface area contributed by atoms with Gasteiger partial charge in [-0.15, -0.1) is 11.3 Å². The number of nitrogens with one attached hydrogen (secondary N) is 1. The zero-order valence-electron chi connectivity index (χ0n) is 12.1. The molecule has 0 radical (unpaired) electrons. The number of hydrogen-bond acceptors (Lipinski definition) is 5. The van der Waals surface area contributed by atoms with Gasteiger partial charge in [0, 0.05) is 10.4 Å². The van der Waals surface area contributed by atoms with E-state index in [0.717, 1.165) is 10.6 Å². The third kappa shape index (κ3) is 3.28. The Bertz CT molecular complexity index is 666. The average Bonchev–Trinajstić information content (AvgIpc) is 2.76. The molecule has 0 saturated heterocycles. The van der Waals surface area contributed by atoms with Gasteiger partial charge >= 0.3 is 0 Å². The monoisotopic (exact) mass is 326 g/mol. The SMILES string of the molecule is COc1cc(C(=O)Nc2nc(C)c(C)s2)cc(Cl)c1OC. The highest BCUT2D eigenvalue weighted by atomic mass is 35.5. The summed E-state index contributed by atoms with van der Waals surface area (Å²) < 4.78 is 10.3. The number of amides is 1. The van der Waals surface area contributed by atoms with Crippen LogP contribution in [0.25, 0.3) is 0 Å². The molecule has 112 valence electrons. The van der Waals surface area contributed by atoms with Crippen molar-refractivity contribution >= 4 is 34.0 Å². The lowest BCUT2D eigenvalue weighted by molar-refractivity contribution is 0.102. The molecule has 1 amide bonds. The van der Waals surface area contributed by atoms with Crippen molar-refractivity contribution in [2.75, 3.05) is 19.5 Å². The molecule has 5 nitrogen and oxygen atoms in total. The summed E-state index contributed by atoms with van der Waals surface area (Å²) in [6.07, 6.45) is 0. The highest BCUT2D eigenvalue weighted by Crippen LogP contribution is 2.36. The second kappa shape index (κ2) is 6.32. The van der Waals surface area contributed by atoms with Crippen molar-refractivity contribution in [3.8, 4) is 11.5 Å². The van der Waals surface area contributed by atoms with Crippen LogP contribution in [0.3, 0.4) is 0 Å². The van der Waals surface area contributed by atoms with E-state index in [1.54, 1.807) is 6.07 Å². The van der Waals surface area contributed by atoms with E-state index >= 15 is 0 Å². The Labute approximate surface area is 131 Å². The number of methoxy groups -OCH3 is 2. The third-order valence-corrected chi connectivity index (χ3v) is 4.21. The Morgan fingerprint density at radius 1 is 1.29 bits per heavy atom. The van der Waals surface area contributed by atoms with Crippen LogP contribution < -0.4 is 14.8 Å². The van der Waals surface area contributed by atoms with E-state index in [1.165, 1.54) is 31.6 Å². The van der Waals surface area contributed by atoms with Gasteiger partial charge in [0.15, 0.2) is 16.6 Å². The minimum absolute atomic E-state index is 0.299. The fourth-order valence-corrected chi connectivity index (χ4v) is 2.84. The molecule has 0 unspecified atom stereocenters. The molecule has 7 heteroatoms. The lowest BCUT2D eigenvalue weighted by Crippen LogP contribution is -2.12. The summed E-state index contributed by atoms with van der Waals surface area (Å²) in [6.45, 7) is 3.85. The Hall–Kier alpha value is -1.79. The zero-order chi connectivity index (χ0) is 15.6. The molecule has 21 heavy (non-hydrogen) atoms. The number of ether oxygens (including phenoxy) is 2. The van der Waals surface area contributed by atoms with Gasteiger partial charge in [-0.2, -0.15) is 0 Å². The second-order valence-electron chi connectivity index (χ2n) is 4.31. The fourth-order valence-electron chi connectivity index (χ4n) is 1.74. The minimum atomic E-state index is -0.299. The fraction of sp³-hybridized carbons (Fsp3) is 0.286. The summed E-state index contributed by atoms with van der Waals surface area (Å²) in [5.41, 5.74) is 1.28. The van der Waals surface area contributed by atoms with Crippen molar-refractivity contribution < 1.29 is 14.3 Å². The molecule has 1 N–H and O–H groups in total. The lowest BCUT2D eigenvalue weighted by atomic mass is 10.2. The summed E-state index contributed by atoms with van der Waals surface area (Å²) in [7, 11) is 2.98. The Morgan fingerprint density at radius 3 is 2.52 bits per heavy atom. The number of aryl methyl sites for hydroxylation is 2. The van der Waals surface area contributed by atoms with Crippen LogP contribution in [0, 0.1) is 13.8 Å². The number of anilines is 1. The molecule has 1 aromatic heterocycles. The van der Waals surface area contributed by atoms with Crippen LogP contribution in [0.2, 0.25) is 5.02 Å². The van der Waals surface area contributed by atoms with Crippen LogP contribution in [-0.2, 0) is 0 Å². The number of carbonyl (C=O) groups excluding carboxylic acids is 1. The van der Waals surface area contributed by atoms with Crippen LogP contribution in [0.1, 0.15) is 20.9 Å². The van der Waals surface area contributed by atoms with Gasteiger partial charge in [0.05, 0.1) is 24.9 Å². The molecule has 0 aliphatic carbocycles. The number of nitrogens with zero attached hydrogens (tertiary/aromatic N) is 1. The van der Waals surface area contributed by atoms with Crippen molar-refractivity contribution in [3.05, 3.63) is 33.3 Å². The normalized spacial score (nSPS) is 10.3. The molecule has 0 saturated carbocycles. The van der Waals surface area contributed by atoms with Crippen LogP contribution in [-0.4, -0.2) is 25.1 Å². The van der Waals surface area contributed by atoms with Gasteiger partial charge in [0.2, 0.25) is 0 Å².